The van der Waals surface area contributed by atoms with Crippen LogP contribution >= 0.6 is 0 Å². The topological polar surface area (TPSA) is 97.6 Å². The summed E-state index contributed by atoms with van der Waals surface area (Å²) in [6.45, 7) is 4.22. The summed E-state index contributed by atoms with van der Waals surface area (Å²) in [5.74, 6) is 0.541. The molecule has 1 heterocycles. The van der Waals surface area contributed by atoms with E-state index in [0.29, 0.717) is 18.0 Å². The number of amides is 2. The Balaban J connectivity index is 1.72. The van der Waals surface area contributed by atoms with Gasteiger partial charge in [-0.15, -0.1) is 6.42 Å². The molecule has 1 aromatic carbocycles. The molecule has 11 heteroatoms. The van der Waals surface area contributed by atoms with Crippen molar-refractivity contribution in [3.63, 3.8) is 0 Å². The lowest BCUT2D eigenvalue weighted by Crippen LogP contribution is -2.51. The Bertz CT molecular complexity index is 1040. The van der Waals surface area contributed by atoms with E-state index < -0.39 is 24.2 Å². The van der Waals surface area contributed by atoms with Crippen LogP contribution < -0.4 is 5.32 Å². The zero-order valence-corrected chi connectivity index (χ0v) is 18.8. The molecule has 2 aromatic rings. The monoisotopic (exact) mass is 478 g/mol. The lowest BCUT2D eigenvalue weighted by atomic mass is 10.0. The zero-order chi connectivity index (χ0) is 24.9. The van der Waals surface area contributed by atoms with Gasteiger partial charge in [-0.2, -0.15) is 18.2 Å². The fourth-order valence-electron chi connectivity index (χ4n) is 3.27. The highest BCUT2D eigenvalue weighted by molar-refractivity contribution is 5.86. The Hall–Kier alpha value is -3.55. The number of benzene rings is 1. The number of alkyl carbamates (subject to hydrolysis) is 1. The first kappa shape index (κ1) is 25.1. The second-order valence-electron chi connectivity index (χ2n) is 8.43. The molecule has 0 saturated heterocycles. The van der Waals surface area contributed by atoms with E-state index >= 15 is 0 Å². The number of ether oxygens (including phenoxy) is 1. The summed E-state index contributed by atoms with van der Waals surface area (Å²) in [5, 5.41) is 5.97. The smallest absolute Gasteiger partial charge is 0.436 e. The van der Waals surface area contributed by atoms with Gasteiger partial charge in [0.05, 0.1) is 0 Å². The standard InChI is InChI=1S/C23H25F3N4O4/c1-4-11-33-22(32)27-18(14(2)3)20(31)30(12-15-5-6-15)13-16-7-9-17(10-8-16)19-28-21(34-29-19)23(24,25)26/h1,7-10,14-15,18H,5-6,11-13H2,2-3H3,(H,27,32). The Kier molecular flexibility index (Phi) is 7.81. The molecule has 0 aliphatic heterocycles. The molecule has 3 rings (SSSR count). The number of alkyl halides is 3. The number of carbonyl (C=O) groups excluding carboxylic acids is 2. The van der Waals surface area contributed by atoms with E-state index in [2.05, 4.69) is 25.9 Å². The fraction of sp³-hybridized carbons (Fsp3) is 0.478. The van der Waals surface area contributed by atoms with Gasteiger partial charge in [0.25, 0.3) is 0 Å². The third-order valence-electron chi connectivity index (χ3n) is 5.23. The van der Waals surface area contributed by atoms with Gasteiger partial charge in [0.1, 0.15) is 6.04 Å². The van der Waals surface area contributed by atoms with E-state index in [1.807, 2.05) is 13.8 Å². The molecule has 1 atom stereocenters. The van der Waals surface area contributed by atoms with Gasteiger partial charge in [0, 0.05) is 18.7 Å². The highest BCUT2D eigenvalue weighted by atomic mass is 19.4. The van der Waals surface area contributed by atoms with Crippen molar-refractivity contribution in [1.29, 1.82) is 0 Å². The maximum atomic E-state index is 13.3. The molecule has 1 aliphatic carbocycles. The molecule has 1 unspecified atom stereocenters. The highest BCUT2D eigenvalue weighted by Gasteiger charge is 2.38. The summed E-state index contributed by atoms with van der Waals surface area (Å²) < 4.78 is 47.2. The van der Waals surface area contributed by atoms with Gasteiger partial charge in [-0.1, -0.05) is 49.2 Å². The first-order valence-corrected chi connectivity index (χ1v) is 10.7. The van der Waals surface area contributed by atoms with E-state index in [9.17, 15) is 22.8 Å². The second-order valence-corrected chi connectivity index (χ2v) is 8.43. The van der Waals surface area contributed by atoms with Gasteiger partial charge >= 0.3 is 18.2 Å². The number of terminal acetylenes is 1. The Morgan fingerprint density at radius 1 is 1.29 bits per heavy atom. The number of aromatic nitrogens is 2. The molecule has 0 spiro atoms. The molecule has 2 amide bonds. The third-order valence-corrected chi connectivity index (χ3v) is 5.23. The predicted octanol–water partition coefficient (Wildman–Crippen LogP) is 3.88. The van der Waals surface area contributed by atoms with Crippen molar-refractivity contribution < 1.29 is 32.0 Å². The molecule has 34 heavy (non-hydrogen) atoms. The quantitative estimate of drug-likeness (QED) is 0.550. The zero-order valence-electron chi connectivity index (χ0n) is 18.8. The summed E-state index contributed by atoms with van der Waals surface area (Å²) in [5.41, 5.74) is 1.11. The molecule has 1 aromatic heterocycles. The van der Waals surface area contributed by atoms with Gasteiger partial charge in [-0.3, -0.25) is 4.79 Å². The van der Waals surface area contributed by atoms with Crippen molar-refractivity contribution in [3.05, 3.63) is 35.7 Å². The molecule has 1 aliphatic rings. The Morgan fingerprint density at radius 3 is 2.50 bits per heavy atom. The Labute approximate surface area is 194 Å². The van der Waals surface area contributed by atoms with E-state index in [1.54, 1.807) is 29.2 Å². The van der Waals surface area contributed by atoms with Crippen molar-refractivity contribution in [2.24, 2.45) is 11.8 Å². The maximum absolute atomic E-state index is 13.3. The van der Waals surface area contributed by atoms with E-state index in [4.69, 9.17) is 11.2 Å². The molecule has 1 saturated carbocycles. The molecule has 1 fully saturated rings. The molecular weight excluding hydrogens is 453 g/mol. The molecule has 1 N–H and O–H groups in total. The van der Waals surface area contributed by atoms with Gasteiger partial charge < -0.3 is 19.5 Å². The van der Waals surface area contributed by atoms with Crippen molar-refractivity contribution in [2.45, 2.75) is 45.5 Å². The van der Waals surface area contributed by atoms with Crippen LogP contribution in [0.2, 0.25) is 0 Å². The van der Waals surface area contributed by atoms with E-state index in [1.165, 1.54) is 0 Å². The number of nitrogens with one attached hydrogen (secondary N) is 1. The average molecular weight is 478 g/mol. The molecular formula is C23H25F3N4O4. The minimum atomic E-state index is -4.72. The van der Waals surface area contributed by atoms with Crippen LogP contribution in [0.1, 0.15) is 38.1 Å². The summed E-state index contributed by atoms with van der Waals surface area (Å²) in [4.78, 5) is 30.4. The molecule has 182 valence electrons. The number of rotatable bonds is 9. The van der Waals surface area contributed by atoms with Crippen LogP contribution in [0.4, 0.5) is 18.0 Å². The molecule has 0 bridgehead atoms. The summed E-state index contributed by atoms with van der Waals surface area (Å²) >= 11 is 0. The largest absolute Gasteiger partial charge is 0.471 e. The normalized spacial score (nSPS) is 14.4. The molecule has 0 radical (unpaired) electrons. The van der Waals surface area contributed by atoms with Crippen molar-refractivity contribution >= 4 is 12.0 Å². The van der Waals surface area contributed by atoms with Crippen molar-refractivity contribution in [3.8, 4) is 23.7 Å². The van der Waals surface area contributed by atoms with Crippen LogP contribution in [0.3, 0.4) is 0 Å². The van der Waals surface area contributed by atoms with Crippen LogP contribution in [0.15, 0.2) is 28.8 Å². The fourth-order valence-corrected chi connectivity index (χ4v) is 3.27. The van der Waals surface area contributed by atoms with Crippen LogP contribution in [0.5, 0.6) is 0 Å². The van der Waals surface area contributed by atoms with Crippen LogP contribution in [0.25, 0.3) is 11.4 Å². The summed E-state index contributed by atoms with van der Waals surface area (Å²) in [7, 11) is 0. The first-order chi connectivity index (χ1) is 16.1. The SMILES string of the molecule is C#CCOC(=O)NC(C(=O)N(Cc1ccc(-c2noc(C(F)(F)F)n2)cc1)CC1CC1)C(C)C. The van der Waals surface area contributed by atoms with Gasteiger partial charge in [-0.05, 0) is 30.2 Å². The van der Waals surface area contributed by atoms with Gasteiger partial charge in [-0.25, -0.2) is 4.79 Å². The van der Waals surface area contributed by atoms with Gasteiger partial charge in [0.2, 0.25) is 11.7 Å². The van der Waals surface area contributed by atoms with Crippen LogP contribution in [-0.2, 0) is 22.3 Å². The van der Waals surface area contributed by atoms with Crippen LogP contribution in [-0.4, -0.2) is 46.2 Å². The lowest BCUT2D eigenvalue weighted by molar-refractivity contribution is -0.159. The summed E-state index contributed by atoms with van der Waals surface area (Å²) in [6.07, 6.45) is 1.65. The number of hydrogen-bond acceptors (Lipinski definition) is 6. The maximum Gasteiger partial charge on any atom is 0.471 e. The second kappa shape index (κ2) is 10.6. The summed E-state index contributed by atoms with van der Waals surface area (Å²) in [6, 6.07) is 5.70. The predicted molar refractivity (Wildman–Crippen MR) is 115 cm³/mol. The van der Waals surface area contributed by atoms with Crippen LogP contribution in [0, 0.1) is 24.2 Å². The average Bonchev–Trinajstić information content (AvgIpc) is 3.45. The number of nitrogens with zero attached hydrogens (tertiary/aromatic N) is 3. The molecule has 8 nitrogen and oxygen atoms in total. The minimum Gasteiger partial charge on any atom is -0.436 e. The Morgan fingerprint density at radius 2 is 1.97 bits per heavy atom. The number of carbonyl (C=O) groups is 2. The minimum absolute atomic E-state index is 0.181. The lowest BCUT2D eigenvalue weighted by Gasteiger charge is -2.30. The number of halogens is 3. The van der Waals surface area contributed by atoms with Crippen molar-refractivity contribution in [2.75, 3.05) is 13.2 Å². The van der Waals surface area contributed by atoms with Crippen molar-refractivity contribution in [1.82, 2.24) is 20.4 Å². The third kappa shape index (κ3) is 6.73. The first-order valence-electron chi connectivity index (χ1n) is 10.7. The highest BCUT2D eigenvalue weighted by Crippen LogP contribution is 2.31. The van der Waals surface area contributed by atoms with E-state index in [-0.39, 0.29) is 30.8 Å². The van der Waals surface area contributed by atoms with E-state index in [0.717, 1.165) is 18.4 Å². The van der Waals surface area contributed by atoms with Gasteiger partial charge in [0.15, 0.2) is 6.61 Å². The number of hydrogen-bond donors (Lipinski definition) is 1.